The second kappa shape index (κ2) is 9.95. The van der Waals surface area contributed by atoms with Crippen molar-refractivity contribution >= 4 is 29.2 Å². The number of piperidine rings is 1. The second-order valence-electron chi connectivity index (χ2n) is 8.70. The van der Waals surface area contributed by atoms with Gasteiger partial charge < -0.3 is 15.0 Å². The molecule has 1 atom stereocenters. The number of benzene rings is 1. The second-order valence-corrected chi connectivity index (χ2v) is 9.74. The standard InChI is InChI=1S/C25H31N3O4S/c1-3-13-25(23(30)28(24(31)26-25)16-12-19-7-6-17-33-19)18-10-14-27(15-11-18)22(29)20-8-4-5-9-21(20)32-2/h4-9,17-18H,3,10-16H2,1-2H3,(H,26,31). The molecule has 8 heteroatoms. The predicted octanol–water partition coefficient (Wildman–Crippen LogP) is 3.94. The van der Waals surface area contributed by atoms with Crippen LogP contribution >= 0.6 is 11.3 Å². The van der Waals surface area contributed by atoms with Crippen LogP contribution in [0.1, 0.15) is 47.8 Å². The van der Waals surface area contributed by atoms with Gasteiger partial charge in [-0.2, -0.15) is 0 Å². The molecular formula is C25H31N3O4S. The molecule has 0 aliphatic carbocycles. The number of nitrogens with zero attached hydrogens (tertiary/aromatic N) is 2. The molecular weight excluding hydrogens is 438 g/mol. The van der Waals surface area contributed by atoms with Gasteiger partial charge in [0.15, 0.2) is 0 Å². The van der Waals surface area contributed by atoms with Gasteiger partial charge in [0.1, 0.15) is 11.3 Å². The Balaban J connectivity index is 1.45. The summed E-state index contributed by atoms with van der Waals surface area (Å²) in [5.74, 6) is 0.393. The van der Waals surface area contributed by atoms with Gasteiger partial charge in [0.05, 0.1) is 12.7 Å². The van der Waals surface area contributed by atoms with Crippen LogP contribution in [0.4, 0.5) is 4.79 Å². The number of thiophene rings is 1. The van der Waals surface area contributed by atoms with E-state index in [1.807, 2.05) is 41.5 Å². The number of hydrogen-bond acceptors (Lipinski definition) is 5. The lowest BCUT2D eigenvalue weighted by atomic mass is 9.74. The number of carbonyl (C=O) groups is 3. The molecule has 1 aromatic heterocycles. The molecule has 7 nitrogen and oxygen atoms in total. The van der Waals surface area contributed by atoms with E-state index in [0.717, 1.165) is 11.3 Å². The Bertz CT molecular complexity index is 1000. The lowest BCUT2D eigenvalue weighted by molar-refractivity contribution is -0.134. The van der Waals surface area contributed by atoms with Gasteiger partial charge in [-0.1, -0.05) is 31.5 Å². The van der Waals surface area contributed by atoms with Crippen molar-refractivity contribution in [2.24, 2.45) is 5.92 Å². The number of urea groups is 1. The highest BCUT2D eigenvalue weighted by atomic mass is 32.1. The minimum atomic E-state index is -0.874. The Hall–Kier alpha value is -2.87. The fourth-order valence-corrected chi connectivity index (χ4v) is 5.83. The zero-order valence-corrected chi connectivity index (χ0v) is 20.0. The molecule has 2 fully saturated rings. The average molecular weight is 470 g/mol. The topological polar surface area (TPSA) is 79.0 Å². The van der Waals surface area contributed by atoms with E-state index in [1.165, 1.54) is 4.90 Å². The summed E-state index contributed by atoms with van der Waals surface area (Å²) in [6.07, 6.45) is 3.42. The number of imide groups is 1. The summed E-state index contributed by atoms with van der Waals surface area (Å²) in [5, 5.41) is 5.08. The summed E-state index contributed by atoms with van der Waals surface area (Å²) in [5.41, 5.74) is -0.326. The molecule has 0 spiro atoms. The molecule has 0 bridgehead atoms. The Morgan fingerprint density at radius 2 is 1.94 bits per heavy atom. The maximum atomic E-state index is 13.6. The highest BCUT2D eigenvalue weighted by molar-refractivity contribution is 7.09. The van der Waals surface area contributed by atoms with Gasteiger partial charge in [0, 0.05) is 24.5 Å². The Kier molecular flexibility index (Phi) is 7.02. The highest BCUT2D eigenvalue weighted by Gasteiger charge is 2.55. The first-order valence-corrected chi connectivity index (χ1v) is 12.5. The molecule has 33 heavy (non-hydrogen) atoms. The monoisotopic (exact) mass is 469 g/mol. The minimum absolute atomic E-state index is 0.00218. The number of carbonyl (C=O) groups excluding carboxylic acids is 3. The number of amides is 4. The molecule has 0 saturated carbocycles. The highest BCUT2D eigenvalue weighted by Crippen LogP contribution is 2.37. The molecule has 2 aliphatic heterocycles. The number of para-hydroxylation sites is 1. The number of rotatable bonds is 8. The van der Waals surface area contributed by atoms with Crippen LogP contribution in [-0.4, -0.2) is 59.9 Å². The lowest BCUT2D eigenvalue weighted by Gasteiger charge is -2.41. The van der Waals surface area contributed by atoms with E-state index in [1.54, 1.807) is 30.6 Å². The normalized spacial score (nSPS) is 21.4. The first-order chi connectivity index (χ1) is 16.0. The third-order valence-electron chi connectivity index (χ3n) is 6.82. The SMILES string of the molecule is CCCC1(C2CCN(C(=O)c3ccccc3OC)CC2)NC(=O)N(CCc2cccs2)C1=O. The molecule has 1 aromatic carbocycles. The van der Waals surface area contributed by atoms with Crippen LogP contribution in [0.25, 0.3) is 0 Å². The van der Waals surface area contributed by atoms with E-state index >= 15 is 0 Å². The zero-order valence-electron chi connectivity index (χ0n) is 19.2. The van der Waals surface area contributed by atoms with Gasteiger partial charge in [0.2, 0.25) is 0 Å². The molecule has 2 saturated heterocycles. The summed E-state index contributed by atoms with van der Waals surface area (Å²) in [6, 6.07) is 10.9. The van der Waals surface area contributed by atoms with Crippen LogP contribution in [0.5, 0.6) is 5.75 Å². The Labute approximate surface area is 198 Å². The van der Waals surface area contributed by atoms with Crippen molar-refractivity contribution in [1.82, 2.24) is 15.1 Å². The van der Waals surface area contributed by atoms with Gasteiger partial charge in [-0.25, -0.2) is 4.79 Å². The van der Waals surface area contributed by atoms with E-state index in [-0.39, 0.29) is 23.8 Å². The fraction of sp³-hybridized carbons (Fsp3) is 0.480. The van der Waals surface area contributed by atoms with Crippen LogP contribution in [0.2, 0.25) is 0 Å². The predicted molar refractivity (Wildman–Crippen MR) is 128 cm³/mol. The van der Waals surface area contributed by atoms with E-state index < -0.39 is 5.54 Å². The summed E-state index contributed by atoms with van der Waals surface area (Å²) in [6.45, 7) is 3.52. The van der Waals surface area contributed by atoms with Crippen LogP contribution < -0.4 is 10.1 Å². The van der Waals surface area contributed by atoms with Gasteiger partial charge in [0.25, 0.3) is 11.8 Å². The first kappa shape index (κ1) is 23.3. The van der Waals surface area contributed by atoms with Crippen molar-refractivity contribution < 1.29 is 19.1 Å². The maximum absolute atomic E-state index is 13.6. The van der Waals surface area contributed by atoms with Crippen molar-refractivity contribution in [2.45, 2.75) is 44.6 Å². The smallest absolute Gasteiger partial charge is 0.325 e. The molecule has 1 unspecified atom stereocenters. The van der Waals surface area contributed by atoms with Crippen LogP contribution in [0.15, 0.2) is 41.8 Å². The summed E-state index contributed by atoms with van der Waals surface area (Å²) >= 11 is 1.63. The number of nitrogens with one attached hydrogen (secondary N) is 1. The van der Waals surface area contributed by atoms with Gasteiger partial charge >= 0.3 is 6.03 Å². The molecule has 176 valence electrons. The van der Waals surface area contributed by atoms with Crippen molar-refractivity contribution in [3.8, 4) is 5.75 Å². The largest absolute Gasteiger partial charge is 0.496 e. The number of likely N-dealkylation sites (tertiary alicyclic amines) is 1. The molecule has 1 N–H and O–H groups in total. The number of ether oxygens (including phenoxy) is 1. The van der Waals surface area contributed by atoms with Gasteiger partial charge in [-0.3, -0.25) is 14.5 Å². The molecule has 0 radical (unpaired) electrons. The Morgan fingerprint density at radius 3 is 2.61 bits per heavy atom. The summed E-state index contributed by atoms with van der Waals surface area (Å²) < 4.78 is 5.35. The van der Waals surface area contributed by atoms with Crippen LogP contribution in [0, 0.1) is 5.92 Å². The van der Waals surface area contributed by atoms with Crippen molar-refractivity contribution in [2.75, 3.05) is 26.7 Å². The van der Waals surface area contributed by atoms with Crippen molar-refractivity contribution in [1.29, 1.82) is 0 Å². The van der Waals surface area contributed by atoms with Gasteiger partial charge in [-0.15, -0.1) is 11.3 Å². The number of hydrogen-bond donors (Lipinski definition) is 1. The minimum Gasteiger partial charge on any atom is -0.496 e. The van der Waals surface area contributed by atoms with Crippen molar-refractivity contribution in [3.05, 3.63) is 52.2 Å². The van der Waals surface area contributed by atoms with E-state index in [9.17, 15) is 14.4 Å². The van der Waals surface area contributed by atoms with Crippen LogP contribution in [-0.2, 0) is 11.2 Å². The third kappa shape index (κ3) is 4.49. The fourth-order valence-electron chi connectivity index (χ4n) is 5.14. The van der Waals surface area contributed by atoms with Crippen molar-refractivity contribution in [3.63, 3.8) is 0 Å². The molecule has 3 heterocycles. The first-order valence-electron chi connectivity index (χ1n) is 11.6. The van der Waals surface area contributed by atoms with E-state index in [0.29, 0.717) is 56.6 Å². The van der Waals surface area contributed by atoms with E-state index in [4.69, 9.17) is 4.74 Å². The zero-order chi connectivity index (χ0) is 23.4. The summed E-state index contributed by atoms with van der Waals surface area (Å²) in [4.78, 5) is 43.8. The molecule has 4 amide bonds. The van der Waals surface area contributed by atoms with Gasteiger partial charge in [-0.05, 0) is 55.2 Å². The quantitative estimate of drug-likeness (QED) is 0.594. The maximum Gasteiger partial charge on any atom is 0.325 e. The number of methoxy groups -OCH3 is 1. The van der Waals surface area contributed by atoms with E-state index in [2.05, 4.69) is 5.32 Å². The molecule has 2 aromatic rings. The third-order valence-corrected chi connectivity index (χ3v) is 7.76. The molecule has 4 rings (SSSR count). The lowest BCUT2D eigenvalue weighted by Crippen LogP contribution is -2.56. The Morgan fingerprint density at radius 1 is 1.18 bits per heavy atom. The summed E-state index contributed by atoms with van der Waals surface area (Å²) in [7, 11) is 1.56. The van der Waals surface area contributed by atoms with Crippen LogP contribution in [0.3, 0.4) is 0 Å². The molecule has 2 aliphatic rings. The average Bonchev–Trinajstić information content (AvgIpc) is 3.44.